The van der Waals surface area contributed by atoms with Crippen molar-refractivity contribution in [2.45, 2.75) is 17.7 Å². The molecule has 0 unspecified atom stereocenters. The molecule has 2 rings (SSSR count). The Bertz CT molecular complexity index is 705. The topological polar surface area (TPSA) is 46.2 Å². The Kier molecular flexibility index (Phi) is 5.33. The van der Waals surface area contributed by atoms with E-state index in [1.165, 1.54) is 6.07 Å². The summed E-state index contributed by atoms with van der Waals surface area (Å²) in [6, 6.07) is 13.3. The van der Waals surface area contributed by atoms with Crippen molar-refractivity contribution < 1.29 is 12.8 Å². The van der Waals surface area contributed by atoms with Crippen LogP contribution >= 0.6 is 11.6 Å². The summed E-state index contributed by atoms with van der Waals surface area (Å²) in [6.45, 7) is 0.249. The van der Waals surface area contributed by atoms with E-state index in [2.05, 4.69) is 4.72 Å². The molecule has 0 atom stereocenters. The first-order chi connectivity index (χ1) is 9.99. The Morgan fingerprint density at radius 1 is 1.10 bits per heavy atom. The largest absolute Gasteiger partial charge is 0.243 e. The molecule has 0 spiro atoms. The van der Waals surface area contributed by atoms with Gasteiger partial charge in [0.1, 0.15) is 10.7 Å². The molecule has 0 saturated carbocycles. The molecule has 2 aromatic rings. The van der Waals surface area contributed by atoms with Gasteiger partial charge in [0.05, 0.1) is 0 Å². The van der Waals surface area contributed by atoms with Crippen LogP contribution in [-0.2, 0) is 16.4 Å². The monoisotopic (exact) mass is 327 g/mol. The Morgan fingerprint density at radius 2 is 1.81 bits per heavy atom. The highest BCUT2D eigenvalue weighted by Gasteiger charge is 2.18. The van der Waals surface area contributed by atoms with Crippen molar-refractivity contribution in [2.24, 2.45) is 0 Å². The lowest BCUT2D eigenvalue weighted by atomic mass is 10.1. The van der Waals surface area contributed by atoms with Gasteiger partial charge in [0.25, 0.3) is 0 Å². The zero-order valence-electron chi connectivity index (χ0n) is 11.2. The van der Waals surface area contributed by atoms with Crippen LogP contribution in [0.2, 0.25) is 5.02 Å². The molecule has 0 radical (unpaired) electrons. The SMILES string of the molecule is O=S(=O)(NCCCc1ccccc1)c1ccc(Cl)cc1F. The van der Waals surface area contributed by atoms with E-state index in [-0.39, 0.29) is 16.5 Å². The van der Waals surface area contributed by atoms with Gasteiger partial charge in [-0.25, -0.2) is 17.5 Å². The molecule has 0 aliphatic heterocycles. The molecule has 21 heavy (non-hydrogen) atoms. The number of hydrogen-bond donors (Lipinski definition) is 1. The summed E-state index contributed by atoms with van der Waals surface area (Å²) in [5, 5.41) is 0.163. The number of hydrogen-bond acceptors (Lipinski definition) is 2. The van der Waals surface area contributed by atoms with Crippen LogP contribution in [-0.4, -0.2) is 15.0 Å². The fraction of sp³-hybridized carbons (Fsp3) is 0.200. The molecule has 1 N–H and O–H groups in total. The van der Waals surface area contributed by atoms with Crippen molar-refractivity contribution in [1.29, 1.82) is 0 Å². The lowest BCUT2D eigenvalue weighted by molar-refractivity contribution is 0.555. The number of sulfonamides is 1. The van der Waals surface area contributed by atoms with Gasteiger partial charge < -0.3 is 0 Å². The van der Waals surface area contributed by atoms with E-state index in [1.54, 1.807) is 0 Å². The maximum absolute atomic E-state index is 13.6. The number of halogens is 2. The van der Waals surface area contributed by atoms with Gasteiger partial charge in [0, 0.05) is 11.6 Å². The lowest BCUT2D eigenvalue weighted by Gasteiger charge is -2.08. The summed E-state index contributed by atoms with van der Waals surface area (Å²) in [7, 11) is -3.85. The van der Waals surface area contributed by atoms with Gasteiger partial charge in [-0.3, -0.25) is 0 Å². The third-order valence-corrected chi connectivity index (χ3v) is 4.69. The molecule has 0 heterocycles. The van der Waals surface area contributed by atoms with Gasteiger partial charge in [-0.1, -0.05) is 41.9 Å². The summed E-state index contributed by atoms with van der Waals surface area (Å²) in [4.78, 5) is -0.383. The van der Waals surface area contributed by atoms with E-state index in [0.29, 0.717) is 6.42 Å². The zero-order chi connectivity index (χ0) is 15.3. The van der Waals surface area contributed by atoms with E-state index in [9.17, 15) is 12.8 Å². The van der Waals surface area contributed by atoms with Crippen LogP contribution < -0.4 is 4.72 Å². The second kappa shape index (κ2) is 7.02. The minimum atomic E-state index is -3.85. The van der Waals surface area contributed by atoms with Crippen LogP contribution in [0.5, 0.6) is 0 Å². The van der Waals surface area contributed by atoms with Crippen LogP contribution in [0.4, 0.5) is 4.39 Å². The third-order valence-electron chi connectivity index (χ3n) is 2.96. The molecule has 0 bridgehead atoms. The molecule has 0 saturated heterocycles. The Balaban J connectivity index is 1.92. The predicted octanol–water partition coefficient (Wildman–Crippen LogP) is 3.39. The second-order valence-electron chi connectivity index (χ2n) is 4.56. The van der Waals surface area contributed by atoms with E-state index in [0.717, 1.165) is 24.1 Å². The summed E-state index contributed by atoms with van der Waals surface area (Å²) in [5.74, 6) is -0.849. The van der Waals surface area contributed by atoms with Gasteiger partial charge in [-0.05, 0) is 36.6 Å². The van der Waals surface area contributed by atoms with Crippen LogP contribution in [0.25, 0.3) is 0 Å². The fourth-order valence-electron chi connectivity index (χ4n) is 1.91. The standard InChI is InChI=1S/C15H15ClFNO2S/c16-13-8-9-15(14(17)11-13)21(19,20)18-10-4-7-12-5-2-1-3-6-12/h1-3,5-6,8-9,11,18H,4,7,10H2. The van der Waals surface area contributed by atoms with Crippen molar-refractivity contribution in [1.82, 2.24) is 4.72 Å². The van der Waals surface area contributed by atoms with Crippen LogP contribution in [0.3, 0.4) is 0 Å². The molecular formula is C15H15ClFNO2S. The van der Waals surface area contributed by atoms with Crippen molar-refractivity contribution in [3.8, 4) is 0 Å². The molecule has 0 aliphatic carbocycles. The van der Waals surface area contributed by atoms with E-state index < -0.39 is 15.8 Å². The lowest BCUT2D eigenvalue weighted by Crippen LogP contribution is -2.26. The molecule has 0 aromatic heterocycles. The van der Waals surface area contributed by atoms with Crippen LogP contribution in [0.1, 0.15) is 12.0 Å². The first-order valence-corrected chi connectivity index (χ1v) is 8.34. The van der Waals surface area contributed by atoms with Gasteiger partial charge in [0.15, 0.2) is 0 Å². The average Bonchev–Trinajstić information content (AvgIpc) is 2.44. The van der Waals surface area contributed by atoms with Crippen molar-refractivity contribution in [3.63, 3.8) is 0 Å². The molecule has 0 amide bonds. The van der Waals surface area contributed by atoms with Crippen LogP contribution in [0.15, 0.2) is 53.4 Å². The van der Waals surface area contributed by atoms with Gasteiger partial charge in [-0.15, -0.1) is 0 Å². The van der Waals surface area contributed by atoms with E-state index in [1.807, 2.05) is 30.3 Å². The number of benzene rings is 2. The first kappa shape index (κ1) is 15.9. The molecular weight excluding hydrogens is 313 g/mol. The summed E-state index contributed by atoms with van der Waals surface area (Å²) in [5.41, 5.74) is 1.13. The van der Waals surface area contributed by atoms with Gasteiger partial charge in [0.2, 0.25) is 10.0 Å². The van der Waals surface area contributed by atoms with Crippen LogP contribution in [0, 0.1) is 5.82 Å². The Morgan fingerprint density at radius 3 is 2.48 bits per heavy atom. The van der Waals surface area contributed by atoms with Crippen molar-refractivity contribution in [3.05, 3.63) is 64.9 Å². The molecule has 0 aliphatic rings. The minimum Gasteiger partial charge on any atom is -0.211 e. The van der Waals surface area contributed by atoms with E-state index >= 15 is 0 Å². The average molecular weight is 328 g/mol. The third kappa shape index (κ3) is 4.52. The summed E-state index contributed by atoms with van der Waals surface area (Å²) >= 11 is 5.61. The second-order valence-corrected chi connectivity index (χ2v) is 6.73. The van der Waals surface area contributed by atoms with Gasteiger partial charge in [-0.2, -0.15) is 0 Å². The van der Waals surface area contributed by atoms with E-state index in [4.69, 9.17) is 11.6 Å². The quantitative estimate of drug-likeness (QED) is 0.827. The fourth-order valence-corrected chi connectivity index (χ4v) is 3.20. The summed E-state index contributed by atoms with van der Waals surface area (Å²) in [6.07, 6.45) is 1.39. The molecule has 0 fully saturated rings. The zero-order valence-corrected chi connectivity index (χ0v) is 12.8. The normalized spacial score (nSPS) is 11.5. The number of rotatable bonds is 6. The smallest absolute Gasteiger partial charge is 0.211 e. The Hall–Kier alpha value is -1.43. The highest BCUT2D eigenvalue weighted by atomic mass is 35.5. The maximum Gasteiger partial charge on any atom is 0.243 e. The first-order valence-electron chi connectivity index (χ1n) is 6.48. The molecule has 3 nitrogen and oxygen atoms in total. The highest BCUT2D eigenvalue weighted by Crippen LogP contribution is 2.18. The molecule has 112 valence electrons. The molecule has 6 heteroatoms. The minimum absolute atomic E-state index is 0.163. The van der Waals surface area contributed by atoms with Crippen molar-refractivity contribution in [2.75, 3.05) is 6.54 Å². The highest BCUT2D eigenvalue weighted by molar-refractivity contribution is 7.89. The predicted molar refractivity (Wildman–Crippen MR) is 81.4 cm³/mol. The molecule has 2 aromatic carbocycles. The maximum atomic E-state index is 13.6. The summed E-state index contributed by atoms with van der Waals surface area (Å²) < 4.78 is 40.0. The van der Waals surface area contributed by atoms with Gasteiger partial charge >= 0.3 is 0 Å². The number of aryl methyl sites for hydroxylation is 1. The Labute approximate surface area is 128 Å². The van der Waals surface area contributed by atoms with Crippen molar-refractivity contribution >= 4 is 21.6 Å². The number of nitrogens with one attached hydrogen (secondary N) is 1.